The van der Waals surface area contributed by atoms with E-state index in [0.717, 1.165) is 35.1 Å². The molecule has 5 nitrogen and oxygen atoms in total. The number of unbranched alkanes of at least 4 members (excludes halogenated alkanes) is 1. The van der Waals surface area contributed by atoms with Gasteiger partial charge in [0.1, 0.15) is 11.8 Å². The largest absolute Gasteiger partial charge is 0.484 e. The number of nitrogens with one attached hydrogen (secondary N) is 1. The van der Waals surface area contributed by atoms with E-state index in [0.29, 0.717) is 25.3 Å². The SMILES string of the molecule is CCCCNC(=O)[C@H](Cc1ccccc1)N(Cc1ccccc1C)C(=O)COc1ccc(C)c(C)c1. The van der Waals surface area contributed by atoms with E-state index in [9.17, 15) is 9.59 Å². The van der Waals surface area contributed by atoms with Crippen LogP contribution in [0.4, 0.5) is 0 Å². The second-order valence-electron chi connectivity index (χ2n) is 9.33. The predicted octanol–water partition coefficient (Wildman–Crippen LogP) is 5.55. The molecule has 0 aliphatic carbocycles. The van der Waals surface area contributed by atoms with Gasteiger partial charge in [0.2, 0.25) is 5.91 Å². The van der Waals surface area contributed by atoms with E-state index < -0.39 is 6.04 Å². The molecule has 0 aliphatic heterocycles. The van der Waals surface area contributed by atoms with E-state index in [1.54, 1.807) is 4.90 Å². The smallest absolute Gasteiger partial charge is 0.261 e. The molecule has 3 aromatic rings. The summed E-state index contributed by atoms with van der Waals surface area (Å²) in [5.74, 6) is 0.290. The van der Waals surface area contributed by atoms with Crippen molar-refractivity contribution >= 4 is 11.8 Å². The van der Waals surface area contributed by atoms with Crippen molar-refractivity contribution in [1.29, 1.82) is 0 Å². The molecule has 0 radical (unpaired) electrons. The van der Waals surface area contributed by atoms with Gasteiger partial charge in [-0.25, -0.2) is 0 Å². The van der Waals surface area contributed by atoms with Crippen molar-refractivity contribution < 1.29 is 14.3 Å². The minimum atomic E-state index is -0.653. The highest BCUT2D eigenvalue weighted by Crippen LogP contribution is 2.19. The molecule has 3 aromatic carbocycles. The number of benzene rings is 3. The van der Waals surface area contributed by atoms with E-state index in [1.807, 2.05) is 93.6 Å². The van der Waals surface area contributed by atoms with E-state index in [2.05, 4.69) is 12.2 Å². The van der Waals surface area contributed by atoms with Crippen LogP contribution in [0, 0.1) is 20.8 Å². The first kappa shape index (κ1) is 27.0. The monoisotopic (exact) mass is 486 g/mol. The zero-order valence-corrected chi connectivity index (χ0v) is 21.9. The molecule has 0 heterocycles. The molecule has 2 amide bonds. The Kier molecular flexibility index (Phi) is 10.1. The molecular weight excluding hydrogens is 448 g/mol. The third-order valence-corrected chi connectivity index (χ3v) is 6.54. The lowest BCUT2D eigenvalue weighted by Crippen LogP contribution is -2.52. The number of hydrogen-bond acceptors (Lipinski definition) is 3. The van der Waals surface area contributed by atoms with E-state index in [-0.39, 0.29) is 18.4 Å². The summed E-state index contributed by atoms with van der Waals surface area (Å²) < 4.78 is 5.91. The van der Waals surface area contributed by atoms with Crippen LogP contribution in [0.3, 0.4) is 0 Å². The summed E-state index contributed by atoms with van der Waals surface area (Å²) in [6, 6.07) is 23.0. The Balaban J connectivity index is 1.89. The first-order chi connectivity index (χ1) is 17.4. The predicted molar refractivity (Wildman–Crippen MR) is 145 cm³/mol. The van der Waals surface area contributed by atoms with Crippen molar-refractivity contribution in [3.63, 3.8) is 0 Å². The van der Waals surface area contributed by atoms with Gasteiger partial charge < -0.3 is 15.0 Å². The molecular formula is C31H38N2O3. The standard InChI is InChI=1S/C31H38N2O3/c1-5-6-18-32-31(35)29(20-26-13-8-7-9-14-26)33(21-27-15-11-10-12-24(27)3)30(34)22-36-28-17-16-23(2)25(4)19-28/h7-17,19,29H,5-6,18,20-22H2,1-4H3,(H,32,35)/t29-/m0/s1. The van der Waals surface area contributed by atoms with Crippen molar-refractivity contribution in [2.24, 2.45) is 0 Å². The van der Waals surface area contributed by atoms with Crippen LogP contribution in [-0.4, -0.2) is 35.9 Å². The Morgan fingerprint density at radius 1 is 0.889 bits per heavy atom. The number of hydrogen-bond donors (Lipinski definition) is 1. The minimum Gasteiger partial charge on any atom is -0.484 e. The van der Waals surface area contributed by atoms with Crippen LogP contribution in [0.2, 0.25) is 0 Å². The molecule has 5 heteroatoms. The number of carbonyl (C=O) groups is 2. The molecule has 0 unspecified atom stereocenters. The van der Waals surface area contributed by atoms with Crippen LogP contribution in [-0.2, 0) is 22.6 Å². The average Bonchev–Trinajstić information content (AvgIpc) is 2.88. The highest BCUT2D eigenvalue weighted by molar-refractivity contribution is 5.88. The topological polar surface area (TPSA) is 58.6 Å². The first-order valence-corrected chi connectivity index (χ1v) is 12.7. The Bertz CT molecular complexity index is 1140. The fourth-order valence-corrected chi connectivity index (χ4v) is 4.06. The summed E-state index contributed by atoms with van der Waals surface area (Å²) in [4.78, 5) is 28.8. The summed E-state index contributed by atoms with van der Waals surface area (Å²) in [6.07, 6.45) is 2.31. The van der Waals surface area contributed by atoms with Crippen molar-refractivity contribution in [3.05, 3.63) is 101 Å². The van der Waals surface area contributed by atoms with Crippen LogP contribution in [0.15, 0.2) is 72.8 Å². The van der Waals surface area contributed by atoms with Crippen LogP contribution in [0.1, 0.15) is 47.6 Å². The molecule has 0 fully saturated rings. The highest BCUT2D eigenvalue weighted by atomic mass is 16.5. The van der Waals surface area contributed by atoms with Crippen LogP contribution >= 0.6 is 0 Å². The van der Waals surface area contributed by atoms with E-state index >= 15 is 0 Å². The van der Waals surface area contributed by atoms with Crippen molar-refractivity contribution in [1.82, 2.24) is 10.2 Å². The van der Waals surface area contributed by atoms with Crippen molar-refractivity contribution in [2.45, 2.75) is 59.5 Å². The Morgan fingerprint density at radius 3 is 2.31 bits per heavy atom. The van der Waals surface area contributed by atoms with Gasteiger partial charge in [0.15, 0.2) is 6.61 Å². The van der Waals surface area contributed by atoms with Gasteiger partial charge in [0, 0.05) is 19.5 Å². The summed E-state index contributed by atoms with van der Waals surface area (Å²) in [5, 5.41) is 3.05. The van der Waals surface area contributed by atoms with Crippen molar-refractivity contribution in [2.75, 3.05) is 13.2 Å². The zero-order valence-electron chi connectivity index (χ0n) is 21.9. The molecule has 1 N–H and O–H groups in total. The minimum absolute atomic E-state index is 0.137. The van der Waals surface area contributed by atoms with Gasteiger partial charge in [-0.15, -0.1) is 0 Å². The zero-order chi connectivity index (χ0) is 25.9. The maximum absolute atomic E-state index is 13.7. The molecule has 0 saturated heterocycles. The van der Waals surface area contributed by atoms with Gasteiger partial charge in [0.25, 0.3) is 5.91 Å². The molecule has 0 spiro atoms. The van der Waals surface area contributed by atoms with Gasteiger partial charge >= 0.3 is 0 Å². The average molecular weight is 487 g/mol. The number of aryl methyl sites for hydroxylation is 3. The molecule has 0 saturated carbocycles. The first-order valence-electron chi connectivity index (χ1n) is 12.7. The number of rotatable bonds is 12. The quantitative estimate of drug-likeness (QED) is 0.342. The van der Waals surface area contributed by atoms with Gasteiger partial charge in [-0.05, 0) is 67.1 Å². The maximum atomic E-state index is 13.7. The Morgan fingerprint density at radius 2 is 1.61 bits per heavy atom. The molecule has 0 aliphatic rings. The highest BCUT2D eigenvalue weighted by Gasteiger charge is 2.30. The Hall–Kier alpha value is -3.60. The molecule has 36 heavy (non-hydrogen) atoms. The Labute approximate surface area is 215 Å². The molecule has 1 atom stereocenters. The third-order valence-electron chi connectivity index (χ3n) is 6.54. The van der Waals surface area contributed by atoms with Gasteiger partial charge in [-0.3, -0.25) is 9.59 Å². The normalized spacial score (nSPS) is 11.6. The summed E-state index contributed by atoms with van der Waals surface area (Å²) in [7, 11) is 0. The number of amides is 2. The summed E-state index contributed by atoms with van der Waals surface area (Å²) in [6.45, 7) is 8.96. The molecule has 190 valence electrons. The molecule has 0 bridgehead atoms. The fraction of sp³-hybridized carbons (Fsp3) is 0.355. The molecule has 0 aromatic heterocycles. The molecule has 3 rings (SSSR count). The second kappa shape index (κ2) is 13.5. The van der Waals surface area contributed by atoms with E-state index in [1.165, 1.54) is 5.56 Å². The summed E-state index contributed by atoms with van der Waals surface area (Å²) in [5.41, 5.74) is 5.37. The van der Waals surface area contributed by atoms with Gasteiger partial charge in [-0.1, -0.05) is 74.0 Å². The second-order valence-corrected chi connectivity index (χ2v) is 9.33. The van der Waals surface area contributed by atoms with Crippen LogP contribution < -0.4 is 10.1 Å². The lowest BCUT2D eigenvalue weighted by atomic mass is 10.0. The lowest BCUT2D eigenvalue weighted by molar-refractivity contribution is -0.142. The number of nitrogens with zero attached hydrogens (tertiary/aromatic N) is 1. The summed E-state index contributed by atoms with van der Waals surface area (Å²) >= 11 is 0. The lowest BCUT2D eigenvalue weighted by Gasteiger charge is -2.32. The van der Waals surface area contributed by atoms with Gasteiger partial charge in [0.05, 0.1) is 0 Å². The van der Waals surface area contributed by atoms with Crippen molar-refractivity contribution in [3.8, 4) is 5.75 Å². The number of ether oxygens (including phenoxy) is 1. The maximum Gasteiger partial charge on any atom is 0.261 e. The fourth-order valence-electron chi connectivity index (χ4n) is 4.06. The van der Waals surface area contributed by atoms with Gasteiger partial charge in [-0.2, -0.15) is 0 Å². The van der Waals surface area contributed by atoms with Crippen LogP contribution in [0.5, 0.6) is 5.75 Å². The van der Waals surface area contributed by atoms with Crippen LogP contribution in [0.25, 0.3) is 0 Å². The number of carbonyl (C=O) groups excluding carboxylic acids is 2. The third kappa shape index (κ3) is 7.70. The van der Waals surface area contributed by atoms with E-state index in [4.69, 9.17) is 4.74 Å².